The number of anilines is 1. The molecule has 1 aliphatic heterocycles. The molecule has 0 N–H and O–H groups in total. The lowest BCUT2D eigenvalue weighted by molar-refractivity contribution is -0.445. The lowest BCUT2D eigenvalue weighted by Gasteiger charge is -2.26. The van der Waals surface area contributed by atoms with Crippen molar-refractivity contribution in [3.8, 4) is 6.07 Å². The molecular weight excluding hydrogens is 362 g/mol. The van der Waals surface area contributed by atoms with Crippen molar-refractivity contribution in [2.24, 2.45) is 5.92 Å². The van der Waals surface area contributed by atoms with Gasteiger partial charge in [-0.3, -0.25) is 0 Å². The van der Waals surface area contributed by atoms with E-state index in [1.165, 1.54) is 4.90 Å². The summed E-state index contributed by atoms with van der Waals surface area (Å²) in [6.07, 6.45) is 8.13. The molecule has 1 heterocycles. The molecule has 29 heavy (non-hydrogen) atoms. The summed E-state index contributed by atoms with van der Waals surface area (Å²) in [5.41, 5.74) is 3.59. The van der Waals surface area contributed by atoms with Gasteiger partial charge < -0.3 is 0 Å². The van der Waals surface area contributed by atoms with Crippen LogP contribution < -0.4 is 4.90 Å². The Balaban J connectivity index is 1.80. The first kappa shape index (κ1) is 18.6. The Bertz CT molecular complexity index is 1120. The summed E-state index contributed by atoms with van der Waals surface area (Å²) in [7, 11) is 0. The monoisotopic (exact) mass is 382 g/mol. The average Bonchev–Trinajstić information content (AvgIpc) is 2.77. The van der Waals surface area contributed by atoms with Gasteiger partial charge in [-0.25, -0.2) is 4.79 Å². The lowest BCUT2D eigenvalue weighted by Crippen LogP contribution is -2.54. The number of carbonyl (C=O) groups excluding carboxylic acids is 2. The first-order valence-electron chi connectivity index (χ1n) is 9.58. The number of hydrogen-bond acceptors (Lipinski definition) is 3. The normalized spacial score (nSPS) is 18.1. The van der Waals surface area contributed by atoms with Crippen LogP contribution in [0.2, 0.25) is 0 Å². The van der Waals surface area contributed by atoms with Gasteiger partial charge in [0.05, 0.1) is 11.6 Å². The highest BCUT2D eigenvalue weighted by molar-refractivity contribution is 6.25. The largest absolute Gasteiger partial charge is 0.506 e. The van der Waals surface area contributed by atoms with Gasteiger partial charge >= 0.3 is 11.9 Å². The number of aryl methyl sites for hydroxylation is 1. The Morgan fingerprint density at radius 1 is 1.07 bits per heavy atom. The number of hydrogen-bond donors (Lipinski definition) is 0. The van der Waals surface area contributed by atoms with Gasteiger partial charge in [0.1, 0.15) is 23.9 Å². The number of amides is 3. The van der Waals surface area contributed by atoms with Crippen LogP contribution in [0, 0.1) is 17.2 Å². The van der Waals surface area contributed by atoms with E-state index >= 15 is 0 Å². The molecule has 0 fully saturated rings. The van der Waals surface area contributed by atoms with E-state index in [2.05, 4.69) is 13.0 Å². The highest BCUT2D eigenvalue weighted by atomic mass is 16.2. The van der Waals surface area contributed by atoms with Gasteiger partial charge in [-0.05, 0) is 36.3 Å². The molecular formula is C24H20N3O2+. The zero-order valence-corrected chi connectivity index (χ0v) is 16.1. The molecule has 0 spiro atoms. The van der Waals surface area contributed by atoms with Crippen LogP contribution in [-0.4, -0.2) is 22.2 Å². The standard InChI is InChI=1S/C24H20N3O2/c1-2-17-11-13-20(14-12-17)27-23(28)21-9-5-6-10-22(21)26(24(27)29)16-19-8-4-3-7-18(19)15-25/h3-14,21H,2,16H2,1H3/q+1. The summed E-state index contributed by atoms with van der Waals surface area (Å²) in [5, 5.41) is 9.42. The summed E-state index contributed by atoms with van der Waals surface area (Å²) in [6.45, 7) is 2.28. The molecule has 1 unspecified atom stereocenters. The molecule has 1 atom stereocenters. The van der Waals surface area contributed by atoms with Gasteiger partial charge in [0, 0.05) is 5.56 Å². The van der Waals surface area contributed by atoms with Gasteiger partial charge in [0.2, 0.25) is 0 Å². The Morgan fingerprint density at radius 2 is 1.83 bits per heavy atom. The number of carbonyl (C=O) groups is 2. The minimum Gasteiger partial charge on any atom is -0.245 e. The maximum Gasteiger partial charge on any atom is 0.506 e. The summed E-state index contributed by atoms with van der Waals surface area (Å²) in [6, 6.07) is 16.5. The maximum atomic E-state index is 13.4. The number of nitriles is 1. The van der Waals surface area contributed by atoms with Crippen molar-refractivity contribution in [2.45, 2.75) is 19.9 Å². The predicted octanol–water partition coefficient (Wildman–Crippen LogP) is 3.98. The van der Waals surface area contributed by atoms with Crippen molar-refractivity contribution in [3.63, 3.8) is 0 Å². The molecule has 2 aromatic rings. The van der Waals surface area contributed by atoms with Gasteiger partial charge in [0.25, 0.3) is 0 Å². The smallest absolute Gasteiger partial charge is 0.245 e. The lowest BCUT2D eigenvalue weighted by atomic mass is 9.93. The maximum absolute atomic E-state index is 13.4. The molecule has 0 saturated carbocycles. The molecule has 4 rings (SSSR count). The van der Waals surface area contributed by atoms with Crippen LogP contribution in [-0.2, 0) is 17.8 Å². The summed E-state index contributed by atoms with van der Waals surface area (Å²) in [5.74, 6) is -0.794. The van der Waals surface area contributed by atoms with Crippen LogP contribution in [0.4, 0.5) is 10.5 Å². The van der Waals surface area contributed by atoms with E-state index in [0.717, 1.165) is 17.5 Å². The topological polar surface area (TPSA) is 64.2 Å². The van der Waals surface area contributed by atoms with E-state index in [4.69, 9.17) is 0 Å². The second-order valence-electron chi connectivity index (χ2n) is 6.98. The SMILES string of the molecule is CCc1ccc(N2C(=O)C3C=CC=CC3=[N+](Cc3ccccc3C#N)C2=O)cc1. The Labute approximate surface area is 169 Å². The van der Waals surface area contributed by atoms with E-state index in [-0.39, 0.29) is 12.5 Å². The van der Waals surface area contributed by atoms with Crippen molar-refractivity contribution >= 4 is 23.3 Å². The number of nitrogens with zero attached hydrogens (tertiary/aromatic N) is 3. The molecule has 142 valence electrons. The van der Waals surface area contributed by atoms with Crippen molar-refractivity contribution < 1.29 is 14.2 Å². The minimum absolute atomic E-state index is 0.226. The molecule has 0 saturated heterocycles. The van der Waals surface area contributed by atoms with Crippen LogP contribution >= 0.6 is 0 Å². The first-order valence-corrected chi connectivity index (χ1v) is 9.58. The Hall–Kier alpha value is -3.78. The zero-order chi connectivity index (χ0) is 20.4. The molecule has 0 aromatic heterocycles. The van der Waals surface area contributed by atoms with Crippen LogP contribution in [0.1, 0.15) is 23.6 Å². The third-order valence-corrected chi connectivity index (χ3v) is 5.29. The number of rotatable bonds is 4. The molecule has 1 aliphatic carbocycles. The second kappa shape index (κ2) is 7.69. The molecule has 2 aromatic carbocycles. The van der Waals surface area contributed by atoms with Crippen LogP contribution in [0.15, 0.2) is 72.8 Å². The third kappa shape index (κ3) is 3.30. The fraction of sp³-hybridized carbons (Fsp3) is 0.167. The Kier molecular flexibility index (Phi) is 4.92. The number of urea groups is 1. The van der Waals surface area contributed by atoms with Crippen molar-refractivity contribution in [3.05, 3.63) is 89.5 Å². The highest BCUT2D eigenvalue weighted by Crippen LogP contribution is 2.27. The molecule has 3 amide bonds. The predicted molar refractivity (Wildman–Crippen MR) is 111 cm³/mol. The second-order valence-corrected chi connectivity index (χ2v) is 6.98. The molecule has 0 radical (unpaired) electrons. The van der Waals surface area contributed by atoms with Crippen molar-refractivity contribution in [2.75, 3.05) is 4.90 Å². The van der Waals surface area contributed by atoms with E-state index in [1.807, 2.05) is 48.6 Å². The van der Waals surface area contributed by atoms with Gasteiger partial charge in [0.15, 0.2) is 0 Å². The van der Waals surface area contributed by atoms with Gasteiger partial charge in [-0.15, -0.1) is 4.90 Å². The number of imide groups is 1. The van der Waals surface area contributed by atoms with Gasteiger partial charge in [-0.1, -0.05) is 55.5 Å². The molecule has 2 aliphatic rings. The number of allylic oxidation sites excluding steroid dienone is 3. The average molecular weight is 382 g/mol. The number of benzene rings is 2. The van der Waals surface area contributed by atoms with Crippen molar-refractivity contribution in [1.82, 2.24) is 0 Å². The molecule has 0 bridgehead atoms. The van der Waals surface area contributed by atoms with E-state index in [0.29, 0.717) is 17.0 Å². The summed E-state index contributed by atoms with van der Waals surface area (Å²) >= 11 is 0. The molecule has 5 heteroatoms. The van der Waals surface area contributed by atoms with E-state index in [1.54, 1.807) is 28.9 Å². The number of fused-ring (bicyclic) bond motifs is 1. The first-order chi connectivity index (χ1) is 14.1. The highest BCUT2D eigenvalue weighted by Gasteiger charge is 2.47. The molecule has 5 nitrogen and oxygen atoms in total. The van der Waals surface area contributed by atoms with E-state index in [9.17, 15) is 14.9 Å². The van der Waals surface area contributed by atoms with Crippen LogP contribution in [0.5, 0.6) is 0 Å². The van der Waals surface area contributed by atoms with Gasteiger partial charge in [-0.2, -0.15) is 14.6 Å². The quantitative estimate of drug-likeness (QED) is 0.751. The fourth-order valence-electron chi connectivity index (χ4n) is 3.68. The summed E-state index contributed by atoms with van der Waals surface area (Å²) < 4.78 is 1.59. The minimum atomic E-state index is -0.530. The third-order valence-electron chi connectivity index (χ3n) is 5.29. The van der Waals surface area contributed by atoms with E-state index < -0.39 is 11.9 Å². The summed E-state index contributed by atoms with van der Waals surface area (Å²) in [4.78, 5) is 27.8. The zero-order valence-electron chi connectivity index (χ0n) is 16.1. The Morgan fingerprint density at radius 3 is 2.55 bits per heavy atom. The van der Waals surface area contributed by atoms with Crippen LogP contribution in [0.3, 0.4) is 0 Å². The van der Waals surface area contributed by atoms with Crippen molar-refractivity contribution in [1.29, 1.82) is 5.26 Å². The fourth-order valence-corrected chi connectivity index (χ4v) is 3.68. The van der Waals surface area contributed by atoms with Crippen LogP contribution in [0.25, 0.3) is 0 Å².